The Labute approximate surface area is 46.8 Å². The van der Waals surface area contributed by atoms with Gasteiger partial charge in [-0.25, -0.2) is 0 Å². The van der Waals surface area contributed by atoms with Crippen LogP contribution in [0.1, 0.15) is 0 Å². The van der Waals surface area contributed by atoms with Gasteiger partial charge in [0.15, 0.2) is 0 Å². The number of halogens is 1. The molecule has 44 valence electrons. The van der Waals surface area contributed by atoms with E-state index in [1.165, 1.54) is 7.11 Å². The zero-order chi connectivity index (χ0) is 5.70. The lowest BCUT2D eigenvalue weighted by atomic mass is 11.2. The summed E-state index contributed by atoms with van der Waals surface area (Å²) in [5.41, 5.74) is 0. The van der Waals surface area contributed by atoms with E-state index in [-0.39, 0.29) is 6.07 Å². The Kier molecular flexibility index (Phi) is 4.44. The van der Waals surface area contributed by atoms with Gasteiger partial charge in [-0.2, -0.15) is 0 Å². The van der Waals surface area contributed by atoms with E-state index in [0.29, 0.717) is 0 Å². The molecule has 0 aromatic carbocycles. The number of hydrogen-bond acceptors (Lipinski definition) is 3. The molecule has 3 nitrogen and oxygen atoms in total. The zero-order valence-electron chi connectivity index (χ0n) is 3.93. The molecule has 0 aliphatic rings. The molecule has 0 amide bonds. The Morgan fingerprint density at radius 2 is 2.43 bits per heavy atom. The van der Waals surface area contributed by atoms with Gasteiger partial charge in [0.1, 0.15) is 6.07 Å². The molecule has 0 saturated heterocycles. The first-order valence-corrected chi connectivity index (χ1v) is 2.23. The van der Waals surface area contributed by atoms with Crippen molar-refractivity contribution in [1.82, 2.24) is 0 Å². The maximum Gasteiger partial charge on any atom is 0.269 e. The number of aliphatic hydroxyl groups excluding tert-OH is 1. The average Bonchev–Trinajstić information content (AvgIpc) is 1.68. The molecular weight excluding hydrogens is 119 g/mol. The number of aliphatic hydroxyl groups is 1. The van der Waals surface area contributed by atoms with Crippen LogP contribution in [0.3, 0.4) is 0 Å². The van der Waals surface area contributed by atoms with Crippen LogP contribution in [0.2, 0.25) is 0 Å². The van der Waals surface area contributed by atoms with Crippen LogP contribution in [0.4, 0.5) is 0 Å². The number of ether oxygens (including phenoxy) is 2. The highest BCUT2D eigenvalue weighted by Gasteiger charge is 1.95. The number of hydrogen-bond donors (Lipinski definition) is 1. The third-order valence-electron chi connectivity index (χ3n) is 0.407. The Balaban J connectivity index is 2.83. The Morgan fingerprint density at radius 3 is 2.57 bits per heavy atom. The molecule has 0 bridgehead atoms. The lowest BCUT2D eigenvalue weighted by Gasteiger charge is -2.04. The van der Waals surface area contributed by atoms with Crippen LogP contribution in [-0.4, -0.2) is 24.8 Å². The Morgan fingerprint density at radius 1 is 1.86 bits per heavy atom. The van der Waals surface area contributed by atoms with Gasteiger partial charge in [0.25, 0.3) is 6.48 Å². The highest BCUT2D eigenvalue weighted by molar-refractivity contribution is 6.17. The largest absolute Gasteiger partial charge is 0.346 e. The number of rotatable bonds is 3. The van der Waals surface area contributed by atoms with Crippen LogP contribution in [0.25, 0.3) is 0 Å². The molecule has 0 heterocycles. The van der Waals surface area contributed by atoms with Gasteiger partial charge in [0.05, 0.1) is 0 Å². The zero-order valence-corrected chi connectivity index (χ0v) is 4.68. The van der Waals surface area contributed by atoms with Gasteiger partial charge in [-0.05, 0) is 0 Å². The van der Waals surface area contributed by atoms with Gasteiger partial charge in [0, 0.05) is 7.11 Å². The summed E-state index contributed by atoms with van der Waals surface area (Å²) >= 11 is 5.01. The summed E-state index contributed by atoms with van der Waals surface area (Å²) in [4.78, 5) is 0. The van der Waals surface area contributed by atoms with Gasteiger partial charge < -0.3 is 14.6 Å². The molecule has 4 heteroatoms. The molecule has 0 aromatic rings. The van der Waals surface area contributed by atoms with Crippen molar-refractivity contribution in [3.05, 3.63) is 0 Å². The van der Waals surface area contributed by atoms with Crippen molar-refractivity contribution in [1.29, 1.82) is 0 Å². The average molecular weight is 127 g/mol. The van der Waals surface area contributed by atoms with Crippen molar-refractivity contribution in [2.75, 3.05) is 13.2 Å². The second kappa shape index (κ2) is 4.33. The van der Waals surface area contributed by atoms with Crippen LogP contribution in [0.5, 0.6) is 0 Å². The minimum atomic E-state index is -1.18. The molecule has 1 unspecified atom stereocenters. The smallest absolute Gasteiger partial charge is 0.269 e. The molecule has 0 radical (unpaired) electrons. The third-order valence-corrected chi connectivity index (χ3v) is 0.533. The maximum atomic E-state index is 8.33. The van der Waals surface area contributed by atoms with E-state index in [1.54, 1.807) is 0 Å². The van der Waals surface area contributed by atoms with Gasteiger partial charge >= 0.3 is 0 Å². The van der Waals surface area contributed by atoms with E-state index >= 15 is 0 Å². The summed E-state index contributed by atoms with van der Waals surface area (Å²) < 4.78 is 8.53. The lowest BCUT2D eigenvalue weighted by molar-refractivity contribution is -0.241. The fraction of sp³-hybridized carbons (Fsp3) is 1.00. The van der Waals surface area contributed by atoms with Crippen LogP contribution in [0, 0.1) is 0 Å². The van der Waals surface area contributed by atoms with Crippen molar-refractivity contribution in [3.63, 3.8) is 0 Å². The quantitative estimate of drug-likeness (QED) is 0.431. The van der Waals surface area contributed by atoms with Crippen LogP contribution in [-0.2, 0) is 9.47 Å². The third kappa shape index (κ3) is 4.01. The molecule has 0 spiro atoms. The minimum Gasteiger partial charge on any atom is -0.346 e. The van der Waals surface area contributed by atoms with Gasteiger partial charge in [0.2, 0.25) is 0 Å². The van der Waals surface area contributed by atoms with Gasteiger partial charge in [-0.3, -0.25) is 0 Å². The molecule has 0 aromatic heterocycles. The van der Waals surface area contributed by atoms with Crippen LogP contribution >= 0.6 is 11.6 Å². The number of methoxy groups -OCH3 is 1. The van der Waals surface area contributed by atoms with E-state index in [9.17, 15) is 0 Å². The molecule has 1 N–H and O–H groups in total. The monoisotopic (exact) mass is 126 g/mol. The molecular formula is C3H7ClO3. The van der Waals surface area contributed by atoms with E-state index in [0.717, 1.165) is 0 Å². The second-order valence-electron chi connectivity index (χ2n) is 0.819. The Bertz CT molecular complexity index is 41.2. The summed E-state index contributed by atoms with van der Waals surface area (Å²) in [5, 5.41) is 8.33. The summed E-state index contributed by atoms with van der Waals surface area (Å²) in [7, 11) is 1.32. The summed E-state index contributed by atoms with van der Waals surface area (Å²) in [6, 6.07) is -0.0605. The first-order chi connectivity index (χ1) is 3.31. The predicted octanol–water partition coefficient (Wildman–Crippen LogP) is 0.122. The summed E-state index contributed by atoms with van der Waals surface area (Å²) in [6.45, 7) is -1.18. The van der Waals surface area contributed by atoms with Crippen LogP contribution < -0.4 is 0 Å². The molecule has 0 aliphatic carbocycles. The normalized spacial score (nSPS) is 14.1. The topological polar surface area (TPSA) is 38.7 Å². The molecule has 7 heavy (non-hydrogen) atoms. The molecule has 0 aliphatic heterocycles. The Hall–Kier alpha value is 0.170. The highest BCUT2D eigenvalue weighted by Crippen LogP contribution is 1.86. The first-order valence-electron chi connectivity index (χ1n) is 1.69. The van der Waals surface area contributed by atoms with E-state index in [2.05, 4.69) is 9.47 Å². The summed E-state index contributed by atoms with van der Waals surface area (Å²) in [5.74, 6) is 0. The number of alkyl halides is 1. The van der Waals surface area contributed by atoms with Gasteiger partial charge in [-0.15, -0.1) is 0 Å². The lowest BCUT2D eigenvalue weighted by Crippen LogP contribution is -2.12. The minimum absolute atomic E-state index is 0.0605. The highest BCUT2D eigenvalue weighted by atomic mass is 35.5. The standard InChI is InChI=1S/C3H7ClO3/c1-6-3(5)7-2-4/h3,5H,2H2,1H3. The predicted molar refractivity (Wildman–Crippen MR) is 24.8 cm³/mol. The van der Waals surface area contributed by atoms with Gasteiger partial charge in [-0.1, -0.05) is 11.6 Å². The van der Waals surface area contributed by atoms with Crippen molar-refractivity contribution in [2.45, 2.75) is 6.48 Å². The van der Waals surface area contributed by atoms with E-state index < -0.39 is 6.48 Å². The van der Waals surface area contributed by atoms with E-state index in [1.807, 2.05) is 0 Å². The summed E-state index contributed by atoms with van der Waals surface area (Å²) in [6.07, 6.45) is 0. The van der Waals surface area contributed by atoms with Crippen molar-refractivity contribution in [2.24, 2.45) is 0 Å². The maximum absolute atomic E-state index is 8.33. The fourth-order valence-electron chi connectivity index (χ4n) is 0.122. The molecule has 0 fully saturated rings. The first kappa shape index (κ1) is 7.17. The SMILES string of the molecule is COC(O)OCCl. The second-order valence-corrected chi connectivity index (χ2v) is 1.04. The fourth-order valence-corrected chi connectivity index (χ4v) is 0.230. The van der Waals surface area contributed by atoms with E-state index in [4.69, 9.17) is 16.7 Å². The molecule has 1 atom stereocenters. The molecule has 0 saturated carbocycles. The molecule has 0 rings (SSSR count). The van der Waals surface area contributed by atoms with Crippen LogP contribution in [0.15, 0.2) is 0 Å². The van der Waals surface area contributed by atoms with Crippen molar-refractivity contribution < 1.29 is 14.6 Å². The van der Waals surface area contributed by atoms with Crippen molar-refractivity contribution in [3.8, 4) is 0 Å². The van der Waals surface area contributed by atoms with Crippen molar-refractivity contribution >= 4 is 11.6 Å².